The minimum atomic E-state index is -0.921. The standard InChI is InChI=1S/C16H16FN3O3/c1-16(15(22)23)6-7-20(9-16)14(21)12-8-18-19-13(12)10-2-4-11(17)5-3-10/h2-5,8H,6-7,9H2,1H3,(H,18,19)(H,22,23). The first-order valence-electron chi connectivity index (χ1n) is 7.23. The maximum atomic E-state index is 13.0. The predicted molar refractivity (Wildman–Crippen MR) is 80.2 cm³/mol. The molecule has 1 aliphatic rings. The van der Waals surface area contributed by atoms with Gasteiger partial charge < -0.3 is 10.0 Å². The van der Waals surface area contributed by atoms with Gasteiger partial charge in [0.25, 0.3) is 5.91 Å². The molecule has 2 aromatic rings. The average Bonchev–Trinajstić information content (AvgIpc) is 3.15. The molecule has 1 amide bonds. The number of carbonyl (C=O) groups is 2. The molecule has 1 saturated heterocycles. The summed E-state index contributed by atoms with van der Waals surface area (Å²) >= 11 is 0. The molecule has 1 aliphatic heterocycles. The largest absolute Gasteiger partial charge is 0.481 e. The van der Waals surface area contributed by atoms with Gasteiger partial charge in [0.15, 0.2) is 0 Å². The molecule has 120 valence electrons. The Hall–Kier alpha value is -2.70. The van der Waals surface area contributed by atoms with Crippen LogP contribution in [0.4, 0.5) is 4.39 Å². The highest BCUT2D eigenvalue weighted by atomic mass is 19.1. The number of amides is 1. The van der Waals surface area contributed by atoms with Crippen LogP contribution in [0.5, 0.6) is 0 Å². The molecule has 23 heavy (non-hydrogen) atoms. The SMILES string of the molecule is CC1(C(=O)O)CCN(C(=O)c2cn[nH]c2-c2ccc(F)cc2)C1. The summed E-state index contributed by atoms with van der Waals surface area (Å²) in [5.74, 6) is -1.54. The fraction of sp³-hybridized carbons (Fsp3) is 0.312. The zero-order chi connectivity index (χ0) is 16.6. The van der Waals surface area contributed by atoms with Crippen molar-refractivity contribution in [3.8, 4) is 11.3 Å². The van der Waals surface area contributed by atoms with Crippen molar-refractivity contribution in [2.75, 3.05) is 13.1 Å². The smallest absolute Gasteiger partial charge is 0.311 e. The van der Waals surface area contributed by atoms with E-state index in [2.05, 4.69) is 10.2 Å². The number of H-pyrrole nitrogens is 1. The lowest BCUT2D eigenvalue weighted by molar-refractivity contribution is -0.147. The zero-order valence-electron chi connectivity index (χ0n) is 12.5. The van der Waals surface area contributed by atoms with E-state index >= 15 is 0 Å². The molecule has 1 aromatic heterocycles. The number of rotatable bonds is 3. The molecule has 6 nitrogen and oxygen atoms in total. The van der Waals surface area contributed by atoms with E-state index in [1.807, 2.05) is 0 Å². The number of hydrogen-bond donors (Lipinski definition) is 2. The van der Waals surface area contributed by atoms with Crippen LogP contribution in [0.15, 0.2) is 30.5 Å². The van der Waals surface area contributed by atoms with Crippen molar-refractivity contribution in [3.05, 3.63) is 41.8 Å². The number of nitrogens with zero attached hydrogens (tertiary/aromatic N) is 2. The number of aromatic nitrogens is 2. The van der Waals surface area contributed by atoms with E-state index in [0.29, 0.717) is 29.8 Å². The van der Waals surface area contributed by atoms with Gasteiger partial charge in [0.05, 0.1) is 22.9 Å². The molecule has 3 rings (SSSR count). The summed E-state index contributed by atoms with van der Waals surface area (Å²) in [6, 6.07) is 5.74. The highest BCUT2D eigenvalue weighted by Gasteiger charge is 2.42. The maximum Gasteiger partial charge on any atom is 0.311 e. The number of likely N-dealkylation sites (tertiary alicyclic amines) is 1. The Bertz CT molecular complexity index is 756. The molecule has 1 fully saturated rings. The van der Waals surface area contributed by atoms with E-state index in [0.717, 1.165) is 0 Å². The Morgan fingerprint density at radius 1 is 1.35 bits per heavy atom. The number of carbonyl (C=O) groups excluding carboxylic acids is 1. The van der Waals surface area contributed by atoms with Crippen LogP contribution in [0.2, 0.25) is 0 Å². The van der Waals surface area contributed by atoms with E-state index in [-0.39, 0.29) is 18.3 Å². The number of carboxylic acid groups (broad SMARTS) is 1. The fourth-order valence-corrected chi connectivity index (χ4v) is 2.76. The minimum Gasteiger partial charge on any atom is -0.481 e. The molecule has 0 saturated carbocycles. The van der Waals surface area contributed by atoms with Gasteiger partial charge in [-0.1, -0.05) is 0 Å². The first kappa shape index (κ1) is 15.2. The van der Waals surface area contributed by atoms with Crippen LogP contribution in [0.3, 0.4) is 0 Å². The third kappa shape index (κ3) is 2.69. The van der Waals surface area contributed by atoms with E-state index in [1.54, 1.807) is 19.1 Å². The number of benzene rings is 1. The molecular formula is C16H16FN3O3. The van der Waals surface area contributed by atoms with E-state index < -0.39 is 11.4 Å². The molecule has 0 spiro atoms. The third-order valence-corrected chi connectivity index (χ3v) is 4.28. The number of aromatic amines is 1. The summed E-state index contributed by atoms with van der Waals surface area (Å²) in [6.45, 7) is 2.18. The molecule has 1 unspecified atom stereocenters. The Balaban J connectivity index is 1.86. The second-order valence-corrected chi connectivity index (χ2v) is 6.01. The van der Waals surface area contributed by atoms with Crippen molar-refractivity contribution in [3.63, 3.8) is 0 Å². The summed E-state index contributed by atoms with van der Waals surface area (Å²) < 4.78 is 13.0. The van der Waals surface area contributed by atoms with Gasteiger partial charge in [0, 0.05) is 18.7 Å². The summed E-state index contributed by atoms with van der Waals surface area (Å²) in [4.78, 5) is 25.5. The van der Waals surface area contributed by atoms with Gasteiger partial charge in [-0.25, -0.2) is 4.39 Å². The summed E-state index contributed by atoms with van der Waals surface area (Å²) in [6.07, 6.45) is 1.83. The summed E-state index contributed by atoms with van der Waals surface area (Å²) in [5.41, 5.74) is 0.577. The third-order valence-electron chi connectivity index (χ3n) is 4.28. The lowest BCUT2D eigenvalue weighted by Gasteiger charge is -2.20. The first-order valence-corrected chi connectivity index (χ1v) is 7.23. The molecular weight excluding hydrogens is 301 g/mol. The normalized spacial score (nSPS) is 20.7. The quantitative estimate of drug-likeness (QED) is 0.908. The lowest BCUT2D eigenvalue weighted by Crippen LogP contribution is -2.34. The second-order valence-electron chi connectivity index (χ2n) is 6.01. The van der Waals surface area contributed by atoms with Crippen LogP contribution in [-0.4, -0.2) is 45.2 Å². The highest BCUT2D eigenvalue weighted by molar-refractivity contribution is 6.00. The second kappa shape index (κ2) is 5.49. The van der Waals surface area contributed by atoms with E-state index in [9.17, 15) is 19.1 Å². The topological polar surface area (TPSA) is 86.3 Å². The van der Waals surface area contributed by atoms with Crippen LogP contribution in [0, 0.1) is 11.2 Å². The van der Waals surface area contributed by atoms with Gasteiger partial charge >= 0.3 is 5.97 Å². The Morgan fingerprint density at radius 2 is 2.04 bits per heavy atom. The van der Waals surface area contributed by atoms with Crippen LogP contribution in [0.25, 0.3) is 11.3 Å². The van der Waals surface area contributed by atoms with Crippen molar-refractivity contribution in [2.45, 2.75) is 13.3 Å². The molecule has 0 radical (unpaired) electrons. The van der Waals surface area contributed by atoms with Gasteiger partial charge in [0.2, 0.25) is 0 Å². The van der Waals surface area contributed by atoms with Gasteiger partial charge in [-0.2, -0.15) is 5.10 Å². The predicted octanol–water partition coefficient (Wildman–Crippen LogP) is 2.15. The highest BCUT2D eigenvalue weighted by Crippen LogP contribution is 2.32. The average molecular weight is 317 g/mol. The molecule has 2 heterocycles. The number of hydrogen-bond acceptors (Lipinski definition) is 3. The number of halogens is 1. The van der Waals surface area contributed by atoms with Crippen molar-refractivity contribution < 1.29 is 19.1 Å². The molecule has 1 aromatic carbocycles. The molecule has 1 atom stereocenters. The summed E-state index contributed by atoms with van der Waals surface area (Å²) in [5, 5.41) is 15.9. The number of nitrogens with one attached hydrogen (secondary N) is 1. The maximum absolute atomic E-state index is 13.0. The van der Waals surface area contributed by atoms with E-state index in [1.165, 1.54) is 23.2 Å². The van der Waals surface area contributed by atoms with Gasteiger partial charge in [0.1, 0.15) is 5.82 Å². The number of aliphatic carboxylic acids is 1. The van der Waals surface area contributed by atoms with Crippen molar-refractivity contribution in [1.29, 1.82) is 0 Å². The summed E-state index contributed by atoms with van der Waals surface area (Å²) in [7, 11) is 0. The number of carboxylic acids is 1. The van der Waals surface area contributed by atoms with Gasteiger partial charge in [-0.15, -0.1) is 0 Å². The van der Waals surface area contributed by atoms with Crippen LogP contribution in [-0.2, 0) is 4.79 Å². The molecule has 7 heteroatoms. The molecule has 0 bridgehead atoms. The zero-order valence-corrected chi connectivity index (χ0v) is 12.5. The van der Waals surface area contributed by atoms with Crippen LogP contribution >= 0.6 is 0 Å². The Morgan fingerprint density at radius 3 is 2.65 bits per heavy atom. The van der Waals surface area contributed by atoms with Crippen molar-refractivity contribution >= 4 is 11.9 Å². The monoisotopic (exact) mass is 317 g/mol. The van der Waals surface area contributed by atoms with Crippen LogP contribution in [0.1, 0.15) is 23.7 Å². The fourth-order valence-electron chi connectivity index (χ4n) is 2.76. The van der Waals surface area contributed by atoms with Crippen LogP contribution < -0.4 is 0 Å². The molecule has 2 N–H and O–H groups in total. The van der Waals surface area contributed by atoms with Crippen molar-refractivity contribution in [2.24, 2.45) is 5.41 Å². The van der Waals surface area contributed by atoms with Crippen molar-refractivity contribution in [1.82, 2.24) is 15.1 Å². The Labute approximate surface area is 131 Å². The minimum absolute atomic E-state index is 0.162. The Kier molecular flexibility index (Phi) is 3.63. The first-order chi connectivity index (χ1) is 10.9. The van der Waals surface area contributed by atoms with E-state index in [4.69, 9.17) is 0 Å². The molecule has 0 aliphatic carbocycles. The van der Waals surface area contributed by atoms with Gasteiger partial charge in [-0.3, -0.25) is 14.7 Å². The van der Waals surface area contributed by atoms with Gasteiger partial charge in [-0.05, 0) is 37.6 Å². The lowest BCUT2D eigenvalue weighted by atomic mass is 9.90.